The summed E-state index contributed by atoms with van der Waals surface area (Å²) >= 11 is 0. The summed E-state index contributed by atoms with van der Waals surface area (Å²) in [7, 11) is 0. The highest BCUT2D eigenvalue weighted by molar-refractivity contribution is 5.57. The van der Waals surface area contributed by atoms with Gasteiger partial charge in [-0.3, -0.25) is 0 Å². The van der Waals surface area contributed by atoms with E-state index in [-0.39, 0.29) is 0 Å². The molecule has 2 fully saturated rings. The molecule has 2 aliphatic rings. The van der Waals surface area contributed by atoms with E-state index >= 15 is 0 Å². The average molecular weight is 258 g/mol. The van der Waals surface area contributed by atoms with Crippen LogP contribution < -0.4 is 11.1 Å². The van der Waals surface area contributed by atoms with E-state index in [4.69, 9.17) is 5.73 Å². The highest BCUT2D eigenvalue weighted by atomic mass is 15.0. The number of aryl methyl sites for hydroxylation is 1. The summed E-state index contributed by atoms with van der Waals surface area (Å²) in [6, 6.07) is 6.89. The fourth-order valence-electron chi connectivity index (χ4n) is 4.59. The van der Waals surface area contributed by atoms with Crippen molar-refractivity contribution in [1.82, 2.24) is 0 Å². The fraction of sp³-hybridized carbons (Fsp3) is 0.647. The minimum absolute atomic E-state index is 0.391. The Morgan fingerprint density at radius 3 is 2.58 bits per heavy atom. The lowest BCUT2D eigenvalue weighted by Crippen LogP contribution is -2.45. The van der Waals surface area contributed by atoms with Crippen molar-refractivity contribution in [2.45, 2.75) is 53.0 Å². The molecule has 1 aromatic carbocycles. The minimum atomic E-state index is 0.391. The van der Waals surface area contributed by atoms with Gasteiger partial charge in [0.25, 0.3) is 0 Å². The molecule has 0 aromatic heterocycles. The number of hydrogen-bond donors (Lipinski definition) is 2. The number of anilines is 2. The summed E-state index contributed by atoms with van der Waals surface area (Å²) in [6.07, 6.45) is 4.15. The number of hydrogen-bond acceptors (Lipinski definition) is 2. The topological polar surface area (TPSA) is 38.0 Å². The van der Waals surface area contributed by atoms with E-state index in [1.54, 1.807) is 0 Å². The fourth-order valence-corrected chi connectivity index (χ4v) is 4.59. The van der Waals surface area contributed by atoms with Gasteiger partial charge >= 0.3 is 0 Å². The first-order valence-corrected chi connectivity index (χ1v) is 7.46. The molecule has 2 aliphatic carbocycles. The summed E-state index contributed by atoms with van der Waals surface area (Å²) in [5, 5.41) is 3.82. The Morgan fingerprint density at radius 1 is 1.26 bits per heavy atom. The molecule has 0 aliphatic heterocycles. The van der Waals surface area contributed by atoms with Crippen LogP contribution in [0, 0.1) is 23.7 Å². The summed E-state index contributed by atoms with van der Waals surface area (Å²) in [5.41, 5.74) is 10.0. The first-order chi connectivity index (χ1) is 8.83. The second kappa shape index (κ2) is 3.91. The Kier molecular flexibility index (Phi) is 2.64. The zero-order valence-corrected chi connectivity index (χ0v) is 12.6. The maximum atomic E-state index is 5.91. The lowest BCUT2D eigenvalue weighted by atomic mass is 9.68. The zero-order chi connectivity index (χ0) is 13.8. The molecular formula is C17H26N2. The minimum Gasteiger partial charge on any atom is -0.399 e. The molecule has 104 valence electrons. The number of rotatable bonds is 2. The molecule has 3 atom stereocenters. The van der Waals surface area contributed by atoms with Crippen LogP contribution in [0.1, 0.15) is 45.6 Å². The second-order valence-electron chi connectivity index (χ2n) is 7.56. The van der Waals surface area contributed by atoms with Gasteiger partial charge in [-0.25, -0.2) is 0 Å². The Hall–Kier alpha value is -1.18. The first-order valence-electron chi connectivity index (χ1n) is 7.46. The molecule has 19 heavy (non-hydrogen) atoms. The lowest BCUT2D eigenvalue weighted by molar-refractivity contribution is 0.155. The Bertz CT molecular complexity index is 501. The van der Waals surface area contributed by atoms with Gasteiger partial charge < -0.3 is 11.1 Å². The van der Waals surface area contributed by atoms with E-state index in [2.05, 4.69) is 45.1 Å². The summed E-state index contributed by atoms with van der Waals surface area (Å²) in [6.45, 7) is 9.41. The van der Waals surface area contributed by atoms with Crippen LogP contribution in [0.2, 0.25) is 0 Å². The van der Waals surface area contributed by atoms with Crippen LogP contribution >= 0.6 is 0 Å². The number of nitrogen functional groups attached to an aromatic ring is 1. The molecule has 1 aromatic rings. The van der Waals surface area contributed by atoms with Crippen molar-refractivity contribution < 1.29 is 0 Å². The largest absolute Gasteiger partial charge is 0.399 e. The van der Waals surface area contributed by atoms with Crippen LogP contribution in [0.25, 0.3) is 0 Å². The molecule has 0 heterocycles. The van der Waals surface area contributed by atoms with Crippen molar-refractivity contribution in [3.63, 3.8) is 0 Å². The molecule has 2 heteroatoms. The molecular weight excluding hydrogens is 232 g/mol. The predicted octanol–water partition coefficient (Wildman–Crippen LogP) is 4.20. The summed E-state index contributed by atoms with van der Waals surface area (Å²) in [4.78, 5) is 0. The van der Waals surface area contributed by atoms with Crippen molar-refractivity contribution in [2.75, 3.05) is 11.1 Å². The standard InChI is InChI=1S/C17H26N2/c1-11-9-13(5-6-14(11)18)19-15-16(2,3)12-7-8-17(15,4)10-12/h5-6,9,12,15,19H,7-8,10,18H2,1-4H3. The van der Waals surface area contributed by atoms with Gasteiger partial charge in [0.15, 0.2) is 0 Å². The Morgan fingerprint density at radius 2 is 2.00 bits per heavy atom. The van der Waals surface area contributed by atoms with E-state index in [9.17, 15) is 0 Å². The van der Waals surface area contributed by atoms with Crippen molar-refractivity contribution in [3.05, 3.63) is 23.8 Å². The second-order valence-corrected chi connectivity index (χ2v) is 7.56. The summed E-state index contributed by atoms with van der Waals surface area (Å²) < 4.78 is 0. The van der Waals surface area contributed by atoms with Crippen LogP contribution in [-0.4, -0.2) is 6.04 Å². The zero-order valence-electron chi connectivity index (χ0n) is 12.6. The molecule has 2 nitrogen and oxygen atoms in total. The predicted molar refractivity (Wildman–Crippen MR) is 82.2 cm³/mol. The van der Waals surface area contributed by atoms with Gasteiger partial charge in [0.1, 0.15) is 0 Å². The van der Waals surface area contributed by atoms with E-state index < -0.39 is 0 Å². The first kappa shape index (κ1) is 12.8. The van der Waals surface area contributed by atoms with Gasteiger partial charge in [0, 0.05) is 17.4 Å². The molecule has 3 rings (SSSR count). The van der Waals surface area contributed by atoms with Crippen molar-refractivity contribution in [1.29, 1.82) is 0 Å². The summed E-state index contributed by atoms with van der Waals surface area (Å²) in [5.74, 6) is 0.880. The van der Waals surface area contributed by atoms with Crippen LogP contribution in [0.5, 0.6) is 0 Å². The molecule has 0 radical (unpaired) electrons. The Balaban J connectivity index is 1.88. The number of benzene rings is 1. The maximum absolute atomic E-state index is 5.91. The van der Waals surface area contributed by atoms with Gasteiger partial charge in [-0.2, -0.15) is 0 Å². The van der Waals surface area contributed by atoms with Gasteiger partial charge in [-0.15, -0.1) is 0 Å². The molecule has 2 bridgehead atoms. The quantitative estimate of drug-likeness (QED) is 0.780. The lowest BCUT2D eigenvalue weighted by Gasteiger charge is -2.43. The van der Waals surface area contributed by atoms with Gasteiger partial charge in [-0.05, 0) is 66.7 Å². The van der Waals surface area contributed by atoms with E-state index in [1.807, 2.05) is 6.07 Å². The van der Waals surface area contributed by atoms with Gasteiger partial charge in [-0.1, -0.05) is 20.8 Å². The van der Waals surface area contributed by atoms with Gasteiger partial charge in [0.05, 0.1) is 0 Å². The monoisotopic (exact) mass is 258 g/mol. The van der Waals surface area contributed by atoms with Crippen molar-refractivity contribution in [2.24, 2.45) is 16.7 Å². The number of fused-ring (bicyclic) bond motifs is 2. The van der Waals surface area contributed by atoms with E-state index in [0.717, 1.165) is 17.2 Å². The van der Waals surface area contributed by atoms with Gasteiger partial charge in [0.2, 0.25) is 0 Å². The van der Waals surface area contributed by atoms with Crippen molar-refractivity contribution >= 4 is 11.4 Å². The smallest absolute Gasteiger partial charge is 0.0368 e. The van der Waals surface area contributed by atoms with Crippen LogP contribution in [0.3, 0.4) is 0 Å². The number of nitrogens with one attached hydrogen (secondary N) is 1. The highest BCUT2D eigenvalue weighted by Gasteiger charge is 2.59. The Labute approximate surface area is 116 Å². The third-order valence-corrected chi connectivity index (χ3v) is 5.85. The van der Waals surface area contributed by atoms with Crippen LogP contribution in [-0.2, 0) is 0 Å². The molecule has 0 saturated heterocycles. The van der Waals surface area contributed by atoms with Crippen LogP contribution in [0.4, 0.5) is 11.4 Å². The number of nitrogens with two attached hydrogens (primary N) is 1. The third-order valence-electron chi connectivity index (χ3n) is 5.85. The molecule has 0 amide bonds. The SMILES string of the molecule is Cc1cc(NC2C3(C)CCC(C3)C2(C)C)ccc1N. The van der Waals surface area contributed by atoms with Crippen LogP contribution in [0.15, 0.2) is 18.2 Å². The highest BCUT2D eigenvalue weighted by Crippen LogP contribution is 2.63. The third kappa shape index (κ3) is 1.84. The normalized spacial score (nSPS) is 35.6. The molecule has 3 N–H and O–H groups in total. The van der Waals surface area contributed by atoms with Crippen molar-refractivity contribution in [3.8, 4) is 0 Å². The van der Waals surface area contributed by atoms with E-state index in [1.165, 1.54) is 24.9 Å². The average Bonchev–Trinajstić information content (AvgIpc) is 2.80. The maximum Gasteiger partial charge on any atom is 0.0368 e. The molecule has 0 spiro atoms. The molecule has 2 saturated carbocycles. The van der Waals surface area contributed by atoms with E-state index in [0.29, 0.717) is 16.9 Å². The molecule has 3 unspecified atom stereocenters.